The van der Waals surface area contributed by atoms with Crippen molar-refractivity contribution in [2.75, 3.05) is 7.05 Å². The van der Waals surface area contributed by atoms with Gasteiger partial charge in [0.25, 0.3) is 0 Å². The van der Waals surface area contributed by atoms with E-state index in [0.29, 0.717) is 11.2 Å². The van der Waals surface area contributed by atoms with Crippen molar-refractivity contribution in [3.05, 3.63) is 0 Å². The van der Waals surface area contributed by atoms with E-state index < -0.39 is 0 Å². The predicted octanol–water partition coefficient (Wildman–Crippen LogP) is 1.02. The molecule has 0 saturated carbocycles. The third-order valence-corrected chi connectivity index (χ3v) is 4.42. The molecule has 3 heteroatoms. The number of nitrogens with one attached hydrogen (secondary N) is 1. The molecule has 0 aromatic heterocycles. The van der Waals surface area contributed by atoms with E-state index in [1.165, 1.54) is 12.8 Å². The van der Waals surface area contributed by atoms with Gasteiger partial charge in [-0.2, -0.15) is 11.8 Å². The highest BCUT2D eigenvalue weighted by Crippen LogP contribution is 2.49. The highest BCUT2D eigenvalue weighted by Gasteiger charge is 2.43. The van der Waals surface area contributed by atoms with E-state index in [1.54, 1.807) is 7.05 Å². The van der Waals surface area contributed by atoms with Crippen molar-refractivity contribution >= 4 is 17.7 Å². The maximum Gasteiger partial charge on any atom is 0.224 e. The molecule has 62 valence electrons. The lowest BCUT2D eigenvalue weighted by molar-refractivity contribution is -0.124. The largest absolute Gasteiger partial charge is 0.359 e. The molecule has 3 unspecified atom stereocenters. The number of amides is 1. The van der Waals surface area contributed by atoms with Crippen LogP contribution in [0.2, 0.25) is 0 Å². The molecule has 0 radical (unpaired) electrons. The summed E-state index contributed by atoms with van der Waals surface area (Å²) in [5, 5.41) is 4.17. The van der Waals surface area contributed by atoms with Crippen LogP contribution >= 0.6 is 11.8 Å². The highest BCUT2D eigenvalue weighted by atomic mass is 32.2. The van der Waals surface area contributed by atoms with Crippen LogP contribution in [0.4, 0.5) is 0 Å². The first-order chi connectivity index (χ1) is 5.31. The van der Waals surface area contributed by atoms with Crippen LogP contribution in [0.1, 0.15) is 19.3 Å². The fourth-order valence-corrected chi connectivity index (χ4v) is 3.88. The second kappa shape index (κ2) is 2.70. The van der Waals surface area contributed by atoms with Gasteiger partial charge in [0.1, 0.15) is 0 Å². The van der Waals surface area contributed by atoms with Gasteiger partial charge in [-0.15, -0.1) is 0 Å². The summed E-state index contributed by atoms with van der Waals surface area (Å²) < 4.78 is 0. The molecule has 0 aromatic carbocycles. The quantitative estimate of drug-likeness (QED) is 0.638. The Bertz CT molecular complexity index is 183. The Hall–Kier alpha value is -0.180. The van der Waals surface area contributed by atoms with Crippen molar-refractivity contribution in [2.24, 2.45) is 5.92 Å². The van der Waals surface area contributed by atoms with Gasteiger partial charge in [0.2, 0.25) is 5.91 Å². The Kier molecular flexibility index (Phi) is 1.83. The molecule has 2 saturated heterocycles. The normalized spacial score (nSPS) is 41.0. The maximum absolute atomic E-state index is 11.3. The number of carbonyl (C=O) groups excluding carboxylic acids is 1. The molecule has 2 aliphatic rings. The van der Waals surface area contributed by atoms with Crippen molar-refractivity contribution in [1.82, 2.24) is 5.32 Å². The zero-order valence-electron chi connectivity index (χ0n) is 6.67. The molecule has 3 atom stereocenters. The van der Waals surface area contributed by atoms with Crippen LogP contribution in [0, 0.1) is 5.92 Å². The Morgan fingerprint density at radius 3 is 2.82 bits per heavy atom. The van der Waals surface area contributed by atoms with Gasteiger partial charge in [0, 0.05) is 17.5 Å². The Morgan fingerprint density at radius 2 is 2.36 bits per heavy atom. The van der Waals surface area contributed by atoms with E-state index in [2.05, 4.69) is 5.32 Å². The van der Waals surface area contributed by atoms with Crippen LogP contribution in [-0.4, -0.2) is 23.5 Å². The lowest BCUT2D eigenvalue weighted by Crippen LogP contribution is -2.33. The van der Waals surface area contributed by atoms with Gasteiger partial charge in [-0.3, -0.25) is 4.79 Å². The lowest BCUT2D eigenvalue weighted by Gasteiger charge is -2.17. The smallest absolute Gasteiger partial charge is 0.224 e. The molecule has 2 rings (SSSR count). The summed E-state index contributed by atoms with van der Waals surface area (Å²) in [7, 11) is 1.74. The van der Waals surface area contributed by atoms with Crippen LogP contribution in [0.15, 0.2) is 0 Å². The van der Waals surface area contributed by atoms with E-state index in [9.17, 15) is 4.79 Å². The number of thioether (sulfide) groups is 1. The summed E-state index contributed by atoms with van der Waals surface area (Å²) in [6, 6.07) is 0. The summed E-state index contributed by atoms with van der Waals surface area (Å²) in [6.07, 6.45) is 3.71. The summed E-state index contributed by atoms with van der Waals surface area (Å²) in [6.45, 7) is 0. The predicted molar refractivity (Wildman–Crippen MR) is 46.6 cm³/mol. The molecule has 2 fully saturated rings. The van der Waals surface area contributed by atoms with Gasteiger partial charge < -0.3 is 5.32 Å². The first-order valence-electron chi connectivity index (χ1n) is 4.18. The van der Waals surface area contributed by atoms with Gasteiger partial charge in [-0.25, -0.2) is 0 Å². The van der Waals surface area contributed by atoms with Crippen LogP contribution in [-0.2, 0) is 4.79 Å². The summed E-state index contributed by atoms with van der Waals surface area (Å²) in [5.74, 6) is 0.577. The van der Waals surface area contributed by atoms with Crippen molar-refractivity contribution < 1.29 is 4.79 Å². The van der Waals surface area contributed by atoms with Gasteiger partial charge >= 0.3 is 0 Å². The van der Waals surface area contributed by atoms with Crippen LogP contribution in [0.5, 0.6) is 0 Å². The fraction of sp³-hybridized carbons (Fsp3) is 0.875. The minimum absolute atomic E-state index is 0.254. The van der Waals surface area contributed by atoms with E-state index in [0.717, 1.165) is 11.7 Å². The van der Waals surface area contributed by atoms with E-state index in [4.69, 9.17) is 0 Å². The van der Waals surface area contributed by atoms with Gasteiger partial charge in [0.05, 0.1) is 5.92 Å². The van der Waals surface area contributed by atoms with Crippen molar-refractivity contribution in [2.45, 2.75) is 29.8 Å². The molecule has 0 aliphatic carbocycles. The SMILES string of the molecule is CNC(=O)C1CC2CCC1S2. The Morgan fingerprint density at radius 1 is 1.55 bits per heavy atom. The van der Waals surface area contributed by atoms with E-state index >= 15 is 0 Å². The standard InChI is InChI=1S/C8H13NOS/c1-9-8(10)6-4-5-2-3-7(6)11-5/h5-7H,2-4H2,1H3,(H,9,10). The average Bonchev–Trinajstić information content (AvgIpc) is 2.62. The molecular formula is C8H13NOS. The summed E-state index contributed by atoms with van der Waals surface area (Å²) in [5.41, 5.74) is 0. The number of fused-ring (bicyclic) bond motifs is 2. The fourth-order valence-electron chi connectivity index (χ4n) is 2.10. The first-order valence-corrected chi connectivity index (χ1v) is 5.12. The number of hydrogen-bond donors (Lipinski definition) is 1. The zero-order valence-corrected chi connectivity index (χ0v) is 7.49. The number of rotatable bonds is 1. The zero-order chi connectivity index (χ0) is 7.84. The van der Waals surface area contributed by atoms with E-state index in [1.807, 2.05) is 11.8 Å². The van der Waals surface area contributed by atoms with Crippen molar-refractivity contribution in [3.8, 4) is 0 Å². The minimum Gasteiger partial charge on any atom is -0.359 e. The lowest BCUT2D eigenvalue weighted by atomic mass is 9.89. The van der Waals surface area contributed by atoms with E-state index in [-0.39, 0.29) is 5.91 Å². The number of hydrogen-bond acceptors (Lipinski definition) is 2. The second-order valence-corrected chi connectivity index (χ2v) is 4.87. The van der Waals surface area contributed by atoms with Crippen LogP contribution in [0.25, 0.3) is 0 Å². The molecule has 2 aliphatic heterocycles. The van der Waals surface area contributed by atoms with Crippen molar-refractivity contribution in [1.29, 1.82) is 0 Å². The molecule has 2 heterocycles. The third kappa shape index (κ3) is 1.15. The highest BCUT2D eigenvalue weighted by molar-refractivity contribution is 8.01. The summed E-state index contributed by atoms with van der Waals surface area (Å²) in [4.78, 5) is 11.3. The van der Waals surface area contributed by atoms with Crippen LogP contribution < -0.4 is 5.32 Å². The minimum atomic E-state index is 0.254. The molecular weight excluding hydrogens is 158 g/mol. The monoisotopic (exact) mass is 171 g/mol. The molecule has 0 spiro atoms. The molecule has 1 N–H and O–H groups in total. The first kappa shape index (κ1) is 7.47. The molecule has 2 bridgehead atoms. The third-order valence-electron chi connectivity index (χ3n) is 2.69. The average molecular weight is 171 g/mol. The Balaban J connectivity index is 2.02. The Labute approximate surface area is 71.1 Å². The second-order valence-electron chi connectivity index (χ2n) is 3.33. The van der Waals surface area contributed by atoms with Gasteiger partial charge in [-0.1, -0.05) is 0 Å². The molecule has 2 nitrogen and oxygen atoms in total. The number of carbonyl (C=O) groups is 1. The maximum atomic E-state index is 11.3. The molecule has 1 amide bonds. The molecule has 11 heavy (non-hydrogen) atoms. The van der Waals surface area contributed by atoms with Crippen molar-refractivity contribution in [3.63, 3.8) is 0 Å². The van der Waals surface area contributed by atoms with Gasteiger partial charge in [-0.05, 0) is 19.3 Å². The van der Waals surface area contributed by atoms with Crippen LogP contribution in [0.3, 0.4) is 0 Å². The topological polar surface area (TPSA) is 29.1 Å². The molecule has 0 aromatic rings. The van der Waals surface area contributed by atoms with Gasteiger partial charge in [0.15, 0.2) is 0 Å². The summed E-state index contributed by atoms with van der Waals surface area (Å²) >= 11 is 2.02.